The summed E-state index contributed by atoms with van der Waals surface area (Å²) >= 11 is 2.87. The standard InChI is InChI=1S/C18H20N4OS2/c1-11(2)10-16-21-22-18(25-16)20-17(23)12(3)24-15-9-8-13-6-4-5-7-14(13)19-15/h4-9,11-12H,10H2,1-3H3,(H,20,22,23). The maximum absolute atomic E-state index is 12.4. The van der Waals surface area contributed by atoms with Crippen molar-refractivity contribution < 1.29 is 4.79 Å². The van der Waals surface area contributed by atoms with Gasteiger partial charge < -0.3 is 0 Å². The summed E-state index contributed by atoms with van der Waals surface area (Å²) in [7, 11) is 0. The highest BCUT2D eigenvalue weighted by Gasteiger charge is 2.17. The minimum Gasteiger partial charge on any atom is -0.300 e. The fourth-order valence-corrected chi connectivity index (χ4v) is 4.07. The Bertz CT molecular complexity index is 878. The van der Waals surface area contributed by atoms with Gasteiger partial charge in [-0.05, 0) is 25.0 Å². The van der Waals surface area contributed by atoms with Gasteiger partial charge in [0.25, 0.3) is 0 Å². The average Bonchev–Trinajstić information content (AvgIpc) is 3.00. The first-order chi connectivity index (χ1) is 12.0. The van der Waals surface area contributed by atoms with Crippen molar-refractivity contribution in [1.82, 2.24) is 15.2 Å². The maximum atomic E-state index is 12.4. The molecule has 0 saturated heterocycles. The van der Waals surface area contributed by atoms with Crippen molar-refractivity contribution in [3.05, 3.63) is 41.4 Å². The zero-order chi connectivity index (χ0) is 17.8. The van der Waals surface area contributed by atoms with Crippen molar-refractivity contribution in [2.75, 3.05) is 5.32 Å². The highest BCUT2D eigenvalue weighted by molar-refractivity contribution is 8.00. The van der Waals surface area contributed by atoms with E-state index in [9.17, 15) is 4.79 Å². The Balaban J connectivity index is 1.62. The summed E-state index contributed by atoms with van der Waals surface area (Å²) < 4.78 is 0. The number of nitrogens with one attached hydrogen (secondary N) is 1. The van der Waals surface area contributed by atoms with Crippen molar-refractivity contribution in [2.24, 2.45) is 5.92 Å². The molecule has 2 heterocycles. The third kappa shape index (κ3) is 4.76. The number of rotatable bonds is 6. The zero-order valence-electron chi connectivity index (χ0n) is 14.4. The number of benzene rings is 1. The van der Waals surface area contributed by atoms with E-state index in [-0.39, 0.29) is 11.2 Å². The lowest BCUT2D eigenvalue weighted by molar-refractivity contribution is -0.115. The van der Waals surface area contributed by atoms with Crippen LogP contribution in [0.2, 0.25) is 0 Å². The molecule has 1 atom stereocenters. The van der Waals surface area contributed by atoms with Crippen LogP contribution < -0.4 is 5.32 Å². The minimum atomic E-state index is -0.272. The smallest absolute Gasteiger partial charge is 0.239 e. The maximum Gasteiger partial charge on any atom is 0.239 e. The van der Waals surface area contributed by atoms with Crippen LogP contribution in [0.1, 0.15) is 25.8 Å². The van der Waals surface area contributed by atoms with Gasteiger partial charge in [-0.25, -0.2) is 4.98 Å². The van der Waals surface area contributed by atoms with Gasteiger partial charge in [-0.1, -0.05) is 61.2 Å². The van der Waals surface area contributed by atoms with Crippen molar-refractivity contribution in [3.8, 4) is 0 Å². The third-order valence-corrected chi connectivity index (χ3v) is 5.42. The van der Waals surface area contributed by atoms with Gasteiger partial charge in [0.2, 0.25) is 11.0 Å². The monoisotopic (exact) mass is 372 g/mol. The SMILES string of the molecule is CC(C)Cc1nnc(NC(=O)C(C)Sc2ccc3ccccc3n2)s1. The molecule has 2 aromatic heterocycles. The summed E-state index contributed by atoms with van der Waals surface area (Å²) in [6.07, 6.45) is 0.874. The second-order valence-corrected chi connectivity index (χ2v) is 8.61. The number of hydrogen-bond acceptors (Lipinski definition) is 6. The number of amides is 1. The third-order valence-electron chi connectivity index (χ3n) is 3.52. The molecule has 1 aromatic carbocycles. The molecular weight excluding hydrogens is 352 g/mol. The van der Waals surface area contributed by atoms with Gasteiger partial charge in [0.05, 0.1) is 15.8 Å². The van der Waals surface area contributed by atoms with E-state index in [0.717, 1.165) is 27.4 Å². The van der Waals surface area contributed by atoms with Gasteiger partial charge in [0.1, 0.15) is 5.01 Å². The summed E-state index contributed by atoms with van der Waals surface area (Å²) in [5.41, 5.74) is 0.933. The molecule has 3 rings (SSSR count). The number of carbonyl (C=O) groups is 1. The van der Waals surface area contributed by atoms with Crippen LogP contribution in [0.25, 0.3) is 10.9 Å². The van der Waals surface area contributed by atoms with Gasteiger partial charge in [0, 0.05) is 11.8 Å². The molecule has 25 heavy (non-hydrogen) atoms. The van der Waals surface area contributed by atoms with E-state index in [1.54, 1.807) is 0 Å². The lowest BCUT2D eigenvalue weighted by Crippen LogP contribution is -2.22. The molecule has 0 aliphatic heterocycles. The van der Waals surface area contributed by atoms with E-state index < -0.39 is 0 Å². The molecule has 1 N–H and O–H groups in total. The molecule has 130 valence electrons. The topological polar surface area (TPSA) is 67.8 Å². The summed E-state index contributed by atoms with van der Waals surface area (Å²) in [4.78, 5) is 17.0. The highest BCUT2D eigenvalue weighted by Crippen LogP contribution is 2.25. The normalized spacial score (nSPS) is 12.5. The Labute approximate surface area is 155 Å². The first-order valence-electron chi connectivity index (χ1n) is 8.17. The summed E-state index contributed by atoms with van der Waals surface area (Å²) in [5, 5.41) is 14.2. The van der Waals surface area contributed by atoms with Crippen LogP contribution in [0.3, 0.4) is 0 Å². The number of carbonyl (C=O) groups excluding carboxylic acids is 1. The Morgan fingerprint density at radius 1 is 1.16 bits per heavy atom. The van der Waals surface area contributed by atoms with Gasteiger partial charge in [-0.15, -0.1) is 10.2 Å². The minimum absolute atomic E-state index is 0.0906. The van der Waals surface area contributed by atoms with Gasteiger partial charge in [-0.2, -0.15) is 0 Å². The predicted octanol–water partition coefficient (Wildman–Crippen LogP) is 4.40. The molecular formula is C18H20N4OS2. The van der Waals surface area contributed by atoms with Crippen LogP contribution in [0.15, 0.2) is 41.4 Å². The summed E-state index contributed by atoms with van der Waals surface area (Å²) in [5.74, 6) is 0.428. The van der Waals surface area contributed by atoms with E-state index in [0.29, 0.717) is 11.0 Å². The van der Waals surface area contributed by atoms with Crippen LogP contribution in [0.5, 0.6) is 0 Å². The lowest BCUT2D eigenvalue weighted by Gasteiger charge is -2.10. The fraction of sp³-hybridized carbons (Fsp3) is 0.333. The number of pyridine rings is 1. The van der Waals surface area contributed by atoms with Gasteiger partial charge in [-0.3, -0.25) is 10.1 Å². The van der Waals surface area contributed by atoms with Gasteiger partial charge >= 0.3 is 0 Å². The number of anilines is 1. The number of fused-ring (bicyclic) bond motifs is 1. The number of nitrogens with zero attached hydrogens (tertiary/aromatic N) is 3. The van der Waals surface area contributed by atoms with E-state index >= 15 is 0 Å². The van der Waals surface area contributed by atoms with E-state index in [2.05, 4.69) is 34.3 Å². The van der Waals surface area contributed by atoms with Crippen LogP contribution in [-0.4, -0.2) is 26.3 Å². The molecule has 3 aromatic rings. The van der Waals surface area contributed by atoms with Crippen molar-refractivity contribution in [2.45, 2.75) is 37.5 Å². The molecule has 0 fully saturated rings. The average molecular weight is 373 g/mol. The first-order valence-corrected chi connectivity index (χ1v) is 9.86. The molecule has 1 amide bonds. The van der Waals surface area contributed by atoms with E-state index in [1.807, 2.05) is 43.3 Å². The highest BCUT2D eigenvalue weighted by atomic mass is 32.2. The van der Waals surface area contributed by atoms with Crippen molar-refractivity contribution in [1.29, 1.82) is 0 Å². The number of thioether (sulfide) groups is 1. The quantitative estimate of drug-likeness (QED) is 0.649. The van der Waals surface area contributed by atoms with Crippen molar-refractivity contribution >= 4 is 45.0 Å². The molecule has 7 heteroatoms. The second kappa shape index (κ2) is 7.93. The molecule has 0 spiro atoms. The van der Waals surface area contributed by atoms with Crippen LogP contribution in [0.4, 0.5) is 5.13 Å². The number of aromatic nitrogens is 3. The molecule has 0 aliphatic carbocycles. The largest absolute Gasteiger partial charge is 0.300 e. The Hall–Kier alpha value is -1.99. The zero-order valence-corrected chi connectivity index (χ0v) is 16.0. The fourth-order valence-electron chi connectivity index (χ4n) is 2.29. The number of para-hydroxylation sites is 1. The molecule has 1 unspecified atom stereocenters. The Morgan fingerprint density at radius 3 is 2.76 bits per heavy atom. The summed E-state index contributed by atoms with van der Waals surface area (Å²) in [6, 6.07) is 11.9. The van der Waals surface area contributed by atoms with Gasteiger partial charge in [0.15, 0.2) is 0 Å². The second-order valence-electron chi connectivity index (χ2n) is 6.19. The van der Waals surface area contributed by atoms with Crippen LogP contribution >= 0.6 is 23.1 Å². The lowest BCUT2D eigenvalue weighted by atomic mass is 10.1. The van der Waals surface area contributed by atoms with Crippen molar-refractivity contribution in [3.63, 3.8) is 0 Å². The molecule has 0 bridgehead atoms. The molecule has 0 radical (unpaired) electrons. The first kappa shape index (κ1) is 17.8. The van der Waals surface area contributed by atoms with E-state index in [1.165, 1.54) is 23.1 Å². The molecule has 5 nitrogen and oxygen atoms in total. The van der Waals surface area contributed by atoms with Crippen LogP contribution in [0, 0.1) is 5.92 Å². The number of hydrogen-bond donors (Lipinski definition) is 1. The predicted molar refractivity (Wildman–Crippen MR) is 104 cm³/mol. The molecule has 0 aliphatic rings. The van der Waals surface area contributed by atoms with Crippen LogP contribution in [-0.2, 0) is 11.2 Å². The van der Waals surface area contributed by atoms with E-state index in [4.69, 9.17) is 0 Å². The Morgan fingerprint density at radius 2 is 1.96 bits per heavy atom. The molecule has 0 saturated carbocycles. The summed E-state index contributed by atoms with van der Waals surface area (Å²) in [6.45, 7) is 6.14. The Kier molecular flexibility index (Phi) is 5.65.